The van der Waals surface area contributed by atoms with E-state index in [0.29, 0.717) is 108 Å². The zero-order valence-electron chi connectivity index (χ0n) is 42.9. The van der Waals surface area contributed by atoms with Crippen molar-refractivity contribution in [3.63, 3.8) is 0 Å². The van der Waals surface area contributed by atoms with Gasteiger partial charge in [0, 0.05) is 33.0 Å². The first kappa shape index (κ1) is 49.8. The van der Waals surface area contributed by atoms with Gasteiger partial charge in [0.15, 0.2) is 0 Å². The second kappa shape index (κ2) is 20.2. The normalized spacial score (nSPS) is 11.3. The molecule has 0 bridgehead atoms. The molecule has 0 fully saturated rings. The fourth-order valence-electron chi connectivity index (χ4n) is 11.4. The third kappa shape index (κ3) is 8.52. The van der Waals surface area contributed by atoms with Crippen LogP contribution in [0.4, 0.5) is 0 Å². The van der Waals surface area contributed by atoms with E-state index < -0.39 is 0 Å². The SMILES string of the molecule is N#Cc1cc(C#N)cc(C2=Cc3c(n(-c4cc(C#N)cc(-n5c6ccc(-c7cc(C#N)cc(C#N)c7)cc6c6cc(-c7cc(C#N)cc(C#N)c7)ccc65)c4-c4cccc(C#N)c4)c4ccc(-c5cc(C#N)cc(C#N)c5)cc34)CC2)c1. The standard InChI is InChI=1S/C70H32N12/c71-31-41-2-1-3-55(16-41)70-68(81-64-8-4-51(56-17-42(32-72)12-43(18-56)33-73)27-60(64)61-28-52(5-9-65(61)81)57-19-44(34-74)13-45(20-57)35-75)25-50(40-80)26-69(70)82-66-10-6-53(58-21-46(36-76)14-47(22-58)37-77)29-62(66)63-30-54(7-11-67(63)82)59-23-48(38-78)15-49(24-59)39-79/h1-6,8-10,12-30H,7,11H2. The minimum absolute atomic E-state index is 0.317. The molecule has 82 heavy (non-hydrogen) atoms. The molecule has 0 amide bonds. The Morgan fingerprint density at radius 3 is 1.05 bits per heavy atom. The van der Waals surface area contributed by atoms with E-state index in [1.54, 1.807) is 60.7 Å². The molecule has 372 valence electrons. The number of nitriles is 10. The van der Waals surface area contributed by atoms with Crippen LogP contribution in [0.25, 0.3) is 100 Å². The van der Waals surface area contributed by atoms with E-state index in [1.165, 1.54) is 18.2 Å². The van der Waals surface area contributed by atoms with Crippen LogP contribution in [0.15, 0.2) is 164 Å². The molecule has 1 aliphatic rings. The van der Waals surface area contributed by atoms with E-state index in [9.17, 15) is 52.6 Å². The molecule has 0 N–H and O–H groups in total. The average Bonchev–Trinajstić information content (AvgIpc) is 2.70. The maximum Gasteiger partial charge on any atom is 0.0993 e. The molecule has 0 saturated heterocycles. The van der Waals surface area contributed by atoms with Crippen LogP contribution in [-0.4, -0.2) is 9.13 Å². The van der Waals surface area contributed by atoms with Gasteiger partial charge in [-0.25, -0.2) is 0 Å². The van der Waals surface area contributed by atoms with Gasteiger partial charge in [0.1, 0.15) is 0 Å². The third-order valence-corrected chi connectivity index (χ3v) is 14.9. The highest BCUT2D eigenvalue weighted by Crippen LogP contribution is 2.47. The molecule has 0 atom stereocenters. The highest BCUT2D eigenvalue weighted by atomic mass is 15.0. The lowest BCUT2D eigenvalue weighted by atomic mass is 9.89. The molecule has 0 radical (unpaired) electrons. The van der Waals surface area contributed by atoms with E-state index in [1.807, 2.05) is 84.9 Å². The van der Waals surface area contributed by atoms with Crippen molar-refractivity contribution in [3.8, 4) is 117 Å². The molecule has 0 saturated carbocycles. The summed E-state index contributed by atoms with van der Waals surface area (Å²) >= 11 is 0. The Hall–Kier alpha value is -13.0. The quantitative estimate of drug-likeness (QED) is 0.146. The monoisotopic (exact) mass is 1040 g/mol. The summed E-state index contributed by atoms with van der Waals surface area (Å²) in [5.41, 5.74) is 15.6. The molecule has 11 aromatic rings. The van der Waals surface area contributed by atoms with Gasteiger partial charge in [0.05, 0.1) is 144 Å². The fourth-order valence-corrected chi connectivity index (χ4v) is 11.4. The van der Waals surface area contributed by atoms with Crippen LogP contribution in [-0.2, 0) is 6.42 Å². The summed E-state index contributed by atoms with van der Waals surface area (Å²) < 4.78 is 4.25. The predicted molar refractivity (Wildman–Crippen MR) is 309 cm³/mol. The van der Waals surface area contributed by atoms with Gasteiger partial charge in [-0.1, -0.05) is 30.3 Å². The Bertz CT molecular complexity index is 4920. The summed E-state index contributed by atoms with van der Waals surface area (Å²) in [4.78, 5) is 0. The van der Waals surface area contributed by atoms with Gasteiger partial charge in [-0.3, -0.25) is 0 Å². The Balaban J connectivity index is 1.20. The number of rotatable bonds is 7. The Morgan fingerprint density at radius 1 is 0.280 bits per heavy atom. The number of nitrogens with zero attached hydrogens (tertiary/aromatic N) is 12. The number of fused-ring (bicyclic) bond motifs is 6. The van der Waals surface area contributed by atoms with E-state index in [0.717, 1.165) is 71.8 Å². The van der Waals surface area contributed by atoms with E-state index >= 15 is 0 Å². The summed E-state index contributed by atoms with van der Waals surface area (Å²) in [5.74, 6) is 0. The highest BCUT2D eigenvalue weighted by molar-refractivity contribution is 6.13. The minimum atomic E-state index is 0.317. The number of aromatic nitrogens is 2. The van der Waals surface area contributed by atoms with Gasteiger partial charge in [0.25, 0.3) is 0 Å². The smallest absolute Gasteiger partial charge is 0.0993 e. The molecule has 12 rings (SSSR count). The summed E-state index contributed by atoms with van der Waals surface area (Å²) in [6, 6.07) is 71.1. The minimum Gasteiger partial charge on any atom is -0.312 e. The summed E-state index contributed by atoms with van der Waals surface area (Å²) in [7, 11) is 0. The molecule has 0 spiro atoms. The van der Waals surface area contributed by atoms with Crippen molar-refractivity contribution in [2.45, 2.75) is 12.8 Å². The van der Waals surface area contributed by atoms with Crippen molar-refractivity contribution in [2.75, 3.05) is 0 Å². The molecule has 9 aromatic carbocycles. The Morgan fingerprint density at radius 2 is 0.634 bits per heavy atom. The van der Waals surface area contributed by atoms with E-state index in [4.69, 9.17) is 0 Å². The number of benzene rings is 9. The topological polar surface area (TPSA) is 248 Å². The highest BCUT2D eigenvalue weighted by Gasteiger charge is 2.28. The van der Waals surface area contributed by atoms with Gasteiger partial charge >= 0.3 is 0 Å². The molecule has 2 heterocycles. The second-order valence-electron chi connectivity index (χ2n) is 19.7. The lowest BCUT2D eigenvalue weighted by Crippen LogP contribution is -2.09. The van der Waals surface area contributed by atoms with Crippen molar-refractivity contribution in [2.24, 2.45) is 0 Å². The summed E-state index contributed by atoms with van der Waals surface area (Å²) in [5, 5.41) is 104. The van der Waals surface area contributed by atoms with Crippen molar-refractivity contribution in [1.82, 2.24) is 9.13 Å². The van der Waals surface area contributed by atoms with Crippen molar-refractivity contribution in [1.29, 1.82) is 52.6 Å². The number of hydrogen-bond acceptors (Lipinski definition) is 10. The first-order valence-electron chi connectivity index (χ1n) is 25.5. The van der Waals surface area contributed by atoms with E-state index in [2.05, 4.69) is 75.9 Å². The summed E-state index contributed by atoms with van der Waals surface area (Å²) in [6.45, 7) is 0. The molecule has 0 aliphatic heterocycles. The largest absolute Gasteiger partial charge is 0.312 e. The Labute approximate surface area is 469 Å². The van der Waals surface area contributed by atoms with Crippen LogP contribution in [0.5, 0.6) is 0 Å². The number of hydrogen-bond donors (Lipinski definition) is 0. The number of allylic oxidation sites excluding steroid dienone is 1. The lowest BCUT2D eigenvalue weighted by molar-refractivity contribution is 0.897. The van der Waals surface area contributed by atoms with Gasteiger partial charge in [-0.05, 0) is 202 Å². The molecular weight excluding hydrogens is 1010 g/mol. The maximum absolute atomic E-state index is 11.2. The maximum atomic E-state index is 11.2. The third-order valence-electron chi connectivity index (χ3n) is 14.9. The second-order valence-corrected chi connectivity index (χ2v) is 19.7. The van der Waals surface area contributed by atoms with Crippen molar-refractivity contribution >= 4 is 44.4 Å². The fraction of sp³-hybridized carbons (Fsp3) is 0.0286. The van der Waals surface area contributed by atoms with Crippen molar-refractivity contribution < 1.29 is 0 Å². The van der Waals surface area contributed by atoms with E-state index in [-0.39, 0.29) is 0 Å². The van der Waals surface area contributed by atoms with Crippen LogP contribution < -0.4 is 0 Å². The van der Waals surface area contributed by atoms with Gasteiger partial charge in [-0.15, -0.1) is 0 Å². The van der Waals surface area contributed by atoms with Crippen LogP contribution in [0.2, 0.25) is 0 Å². The molecule has 12 nitrogen and oxygen atoms in total. The van der Waals surface area contributed by atoms with Crippen LogP contribution in [0, 0.1) is 113 Å². The van der Waals surface area contributed by atoms with Gasteiger partial charge in [-0.2, -0.15) is 52.6 Å². The first-order chi connectivity index (χ1) is 40.1. The molecule has 2 aromatic heterocycles. The van der Waals surface area contributed by atoms with Crippen molar-refractivity contribution in [3.05, 3.63) is 236 Å². The predicted octanol–water partition coefficient (Wildman–Crippen LogP) is 14.6. The molecule has 1 aliphatic carbocycles. The molecule has 0 unspecified atom stereocenters. The summed E-state index contributed by atoms with van der Waals surface area (Å²) in [6.07, 6.45) is 3.06. The van der Waals surface area contributed by atoms with Crippen LogP contribution in [0.3, 0.4) is 0 Å². The zero-order valence-corrected chi connectivity index (χ0v) is 42.9. The first-order valence-corrected chi connectivity index (χ1v) is 25.5. The lowest BCUT2D eigenvalue weighted by Gasteiger charge is -2.23. The van der Waals surface area contributed by atoms with Crippen LogP contribution in [0.1, 0.15) is 78.9 Å². The van der Waals surface area contributed by atoms with Gasteiger partial charge in [0.2, 0.25) is 0 Å². The van der Waals surface area contributed by atoms with Crippen LogP contribution >= 0.6 is 0 Å². The Kier molecular flexibility index (Phi) is 12.2. The molecule has 12 heteroatoms. The van der Waals surface area contributed by atoms with Gasteiger partial charge < -0.3 is 9.13 Å². The zero-order chi connectivity index (χ0) is 56.8. The molecular formula is C70H32N12. The average molecular weight is 1040 g/mol.